The van der Waals surface area contributed by atoms with Crippen molar-refractivity contribution in [2.75, 3.05) is 18.5 Å². The third-order valence-corrected chi connectivity index (χ3v) is 6.88. The maximum atomic E-state index is 14.0. The van der Waals surface area contributed by atoms with Crippen LogP contribution in [0.25, 0.3) is 33.7 Å². The van der Waals surface area contributed by atoms with Gasteiger partial charge in [0, 0.05) is 23.9 Å². The molecule has 6 rings (SSSR count). The van der Waals surface area contributed by atoms with Crippen LogP contribution >= 0.6 is 0 Å². The summed E-state index contributed by atoms with van der Waals surface area (Å²) in [5.74, 6) is 0.498. The third-order valence-electron chi connectivity index (χ3n) is 6.88. The van der Waals surface area contributed by atoms with Crippen molar-refractivity contribution in [2.45, 2.75) is 32.7 Å². The second kappa shape index (κ2) is 9.61. The Morgan fingerprint density at radius 2 is 1.95 bits per heavy atom. The number of anilines is 1. The molecule has 0 amide bonds. The van der Waals surface area contributed by atoms with E-state index in [1.54, 1.807) is 12.1 Å². The van der Waals surface area contributed by atoms with Crippen molar-refractivity contribution in [2.24, 2.45) is 0 Å². The minimum atomic E-state index is -0.475. The zero-order chi connectivity index (χ0) is 28.0. The summed E-state index contributed by atoms with van der Waals surface area (Å²) < 4.78 is 21.7. The second-order valence-electron chi connectivity index (χ2n) is 10.5. The van der Waals surface area contributed by atoms with E-state index in [1.165, 1.54) is 12.3 Å². The maximum Gasteiger partial charge on any atom is 0.299 e. The quantitative estimate of drug-likeness (QED) is 0.298. The number of hydrogen-bond acceptors (Lipinski definition) is 8. The van der Waals surface area contributed by atoms with Gasteiger partial charge in [-0.2, -0.15) is 10.2 Å². The molecule has 3 aromatic heterocycles. The normalized spacial score (nSPS) is 13.6. The number of phenolic OH excluding ortho intramolecular Hbond substituents is 1. The van der Waals surface area contributed by atoms with Crippen molar-refractivity contribution in [3.8, 4) is 40.3 Å². The predicted octanol–water partition coefficient (Wildman–Crippen LogP) is 5.36. The van der Waals surface area contributed by atoms with Crippen LogP contribution in [0.15, 0.2) is 54.9 Å². The first kappa shape index (κ1) is 25.2. The number of pyridine rings is 1. The molecule has 0 aliphatic carbocycles. The summed E-state index contributed by atoms with van der Waals surface area (Å²) in [6, 6.07) is 15.0. The van der Waals surface area contributed by atoms with E-state index < -0.39 is 5.82 Å². The standard InChI is InChI=1S/C30H26FN7O2/c1-17-8-19(13-32)10-20(9-17)23-11-18(4-5-24(23)39)6-7-34-27-25-28(38-29(35-25)40-16-30(38,2)3)37-26(36-27)21-12-22(31)15-33-14-21/h4-5,8-12,14-15,39H,6-7,16H2,1-3H3,(H,34,36,37). The monoisotopic (exact) mass is 535 g/mol. The van der Waals surface area contributed by atoms with Gasteiger partial charge in [-0.25, -0.2) is 14.4 Å². The maximum absolute atomic E-state index is 14.0. The number of phenols is 1. The van der Waals surface area contributed by atoms with Crippen LogP contribution in [0.5, 0.6) is 11.8 Å². The van der Waals surface area contributed by atoms with Gasteiger partial charge in [-0.15, -0.1) is 0 Å². The molecule has 200 valence electrons. The highest BCUT2D eigenvalue weighted by Crippen LogP contribution is 2.37. The van der Waals surface area contributed by atoms with Crippen LogP contribution in [0, 0.1) is 24.1 Å². The average Bonchev–Trinajstić information content (AvgIpc) is 3.46. The van der Waals surface area contributed by atoms with Crippen molar-refractivity contribution in [3.05, 3.63) is 77.4 Å². The van der Waals surface area contributed by atoms with E-state index in [0.717, 1.165) is 22.9 Å². The van der Waals surface area contributed by atoms with Crippen LogP contribution in [-0.2, 0) is 12.0 Å². The molecular formula is C30H26FN7O2. The molecule has 2 aromatic carbocycles. The summed E-state index contributed by atoms with van der Waals surface area (Å²) in [5.41, 5.74) is 5.15. The molecule has 1 aliphatic heterocycles. The highest BCUT2D eigenvalue weighted by molar-refractivity contribution is 5.86. The summed E-state index contributed by atoms with van der Waals surface area (Å²) in [6.07, 6.45) is 3.28. The van der Waals surface area contributed by atoms with E-state index in [4.69, 9.17) is 9.72 Å². The lowest BCUT2D eigenvalue weighted by Crippen LogP contribution is -2.25. The highest BCUT2D eigenvalue weighted by atomic mass is 19.1. The molecule has 5 aromatic rings. The zero-order valence-electron chi connectivity index (χ0n) is 22.2. The largest absolute Gasteiger partial charge is 0.507 e. The van der Waals surface area contributed by atoms with Gasteiger partial charge < -0.3 is 15.2 Å². The Bertz CT molecular complexity index is 1820. The fraction of sp³-hybridized carbons (Fsp3) is 0.233. The van der Waals surface area contributed by atoms with Gasteiger partial charge in [0.25, 0.3) is 6.01 Å². The number of fused-ring (bicyclic) bond motifs is 3. The fourth-order valence-corrected chi connectivity index (χ4v) is 4.97. The minimum Gasteiger partial charge on any atom is -0.507 e. The SMILES string of the molecule is Cc1cc(C#N)cc(-c2cc(CCNc3nc(-c4cncc(F)c4)nc4c3nc3n4C(C)(C)CO3)ccc2O)c1. The van der Waals surface area contributed by atoms with Gasteiger partial charge in [0.05, 0.1) is 23.4 Å². The number of benzene rings is 2. The molecule has 2 N–H and O–H groups in total. The lowest BCUT2D eigenvalue weighted by molar-refractivity contribution is 0.268. The van der Waals surface area contributed by atoms with E-state index in [-0.39, 0.29) is 11.3 Å². The molecule has 40 heavy (non-hydrogen) atoms. The molecule has 4 heterocycles. The van der Waals surface area contributed by atoms with Crippen molar-refractivity contribution in [3.63, 3.8) is 0 Å². The van der Waals surface area contributed by atoms with E-state index >= 15 is 0 Å². The zero-order valence-corrected chi connectivity index (χ0v) is 22.2. The molecule has 0 unspecified atom stereocenters. The number of aromatic hydroxyl groups is 1. The molecule has 0 saturated carbocycles. The minimum absolute atomic E-state index is 0.146. The lowest BCUT2D eigenvalue weighted by Gasteiger charge is -2.18. The van der Waals surface area contributed by atoms with Gasteiger partial charge in [0.15, 0.2) is 22.8 Å². The molecule has 0 saturated heterocycles. The molecule has 10 heteroatoms. The smallest absolute Gasteiger partial charge is 0.299 e. The number of imidazole rings is 1. The number of ether oxygens (including phenoxy) is 1. The number of aryl methyl sites for hydroxylation is 1. The van der Waals surface area contributed by atoms with Crippen LogP contribution in [0.3, 0.4) is 0 Å². The molecule has 0 fully saturated rings. The second-order valence-corrected chi connectivity index (χ2v) is 10.5. The van der Waals surface area contributed by atoms with Gasteiger partial charge >= 0.3 is 0 Å². The van der Waals surface area contributed by atoms with Gasteiger partial charge in [0.1, 0.15) is 18.2 Å². The highest BCUT2D eigenvalue weighted by Gasteiger charge is 2.36. The molecule has 9 nitrogen and oxygen atoms in total. The van der Waals surface area contributed by atoms with Gasteiger partial charge in [0.2, 0.25) is 0 Å². The Kier molecular flexibility index (Phi) is 6.07. The van der Waals surface area contributed by atoms with Crippen molar-refractivity contribution in [1.82, 2.24) is 24.5 Å². The summed E-state index contributed by atoms with van der Waals surface area (Å²) in [4.78, 5) is 18.0. The summed E-state index contributed by atoms with van der Waals surface area (Å²) in [6.45, 7) is 6.97. The van der Waals surface area contributed by atoms with Crippen LogP contribution in [-0.4, -0.2) is 42.8 Å². The fourth-order valence-electron chi connectivity index (χ4n) is 4.97. The Balaban J connectivity index is 1.32. The molecular weight excluding hydrogens is 509 g/mol. The number of rotatable bonds is 6. The first-order valence-electron chi connectivity index (χ1n) is 12.8. The van der Waals surface area contributed by atoms with Gasteiger partial charge in [-0.3, -0.25) is 9.55 Å². The van der Waals surface area contributed by atoms with Crippen molar-refractivity contribution < 1.29 is 14.2 Å². The van der Waals surface area contributed by atoms with Gasteiger partial charge in [-0.05, 0) is 74.2 Å². The Morgan fingerprint density at radius 1 is 1.10 bits per heavy atom. The number of hydrogen-bond donors (Lipinski definition) is 2. The van der Waals surface area contributed by atoms with Crippen molar-refractivity contribution >= 4 is 17.0 Å². The Labute approximate surface area is 230 Å². The number of aromatic nitrogens is 5. The molecule has 0 radical (unpaired) electrons. The van der Waals surface area contributed by atoms with E-state index in [1.807, 2.05) is 49.6 Å². The summed E-state index contributed by atoms with van der Waals surface area (Å²) in [5, 5.41) is 23.3. The third kappa shape index (κ3) is 4.56. The molecule has 1 aliphatic rings. The van der Waals surface area contributed by atoms with E-state index in [0.29, 0.717) is 65.1 Å². The molecule has 0 atom stereocenters. The summed E-state index contributed by atoms with van der Waals surface area (Å²) in [7, 11) is 0. The summed E-state index contributed by atoms with van der Waals surface area (Å²) >= 11 is 0. The molecule has 0 bridgehead atoms. The topological polar surface area (TPSA) is 122 Å². The number of halogens is 1. The number of nitrogens with zero attached hydrogens (tertiary/aromatic N) is 6. The first-order valence-corrected chi connectivity index (χ1v) is 12.8. The van der Waals surface area contributed by atoms with Crippen LogP contribution in [0.4, 0.5) is 10.2 Å². The Morgan fingerprint density at radius 3 is 2.75 bits per heavy atom. The first-order chi connectivity index (χ1) is 19.2. The Hall–Kier alpha value is -5.04. The molecule has 0 spiro atoms. The van der Waals surface area contributed by atoms with Crippen LogP contribution in [0.1, 0.15) is 30.5 Å². The predicted molar refractivity (Wildman–Crippen MR) is 149 cm³/mol. The average molecular weight is 536 g/mol. The van der Waals surface area contributed by atoms with E-state index in [2.05, 4.69) is 26.3 Å². The van der Waals surface area contributed by atoms with Crippen LogP contribution in [0.2, 0.25) is 0 Å². The lowest BCUT2D eigenvalue weighted by atomic mass is 9.97. The van der Waals surface area contributed by atoms with Crippen molar-refractivity contribution in [1.29, 1.82) is 5.26 Å². The number of nitrogens with one attached hydrogen (secondary N) is 1. The van der Waals surface area contributed by atoms with Crippen LogP contribution < -0.4 is 10.1 Å². The number of nitriles is 1. The van der Waals surface area contributed by atoms with Gasteiger partial charge in [-0.1, -0.05) is 12.1 Å². The van der Waals surface area contributed by atoms with E-state index in [9.17, 15) is 14.8 Å².